The minimum Gasteiger partial charge on any atom is -0.353 e. The number of benzene rings is 1. The molecule has 1 unspecified atom stereocenters. The lowest BCUT2D eigenvalue weighted by Gasteiger charge is -2.37. The van der Waals surface area contributed by atoms with Gasteiger partial charge in [-0.25, -0.2) is 0 Å². The molecule has 2 rings (SSSR count). The Balaban J connectivity index is 2.02. The predicted molar refractivity (Wildman–Crippen MR) is 86.1 cm³/mol. The van der Waals surface area contributed by atoms with Crippen molar-refractivity contribution in [3.05, 3.63) is 35.9 Å². The Morgan fingerprint density at radius 1 is 1.29 bits per heavy atom. The van der Waals surface area contributed by atoms with E-state index in [0.29, 0.717) is 13.1 Å². The number of hydrogen-bond donors (Lipinski definition) is 2. The Labute approximate surface area is 127 Å². The Morgan fingerprint density at radius 3 is 2.57 bits per heavy atom. The molecular formula is C17H27N3O. The van der Waals surface area contributed by atoms with Crippen LogP contribution in [-0.4, -0.2) is 44.0 Å². The number of amides is 1. The molecule has 0 spiro atoms. The SMILES string of the molecule is CNCC(=O)NCC(c1ccccc1)N1CCC(C)CC1. The highest BCUT2D eigenvalue weighted by atomic mass is 16.1. The van der Waals surface area contributed by atoms with Crippen LogP contribution in [0.1, 0.15) is 31.4 Å². The summed E-state index contributed by atoms with van der Waals surface area (Å²) in [6, 6.07) is 10.8. The van der Waals surface area contributed by atoms with Crippen LogP contribution in [0.5, 0.6) is 0 Å². The van der Waals surface area contributed by atoms with Crippen LogP contribution in [0.2, 0.25) is 0 Å². The van der Waals surface area contributed by atoms with E-state index in [1.807, 2.05) is 6.07 Å². The topological polar surface area (TPSA) is 44.4 Å². The van der Waals surface area contributed by atoms with Crippen LogP contribution < -0.4 is 10.6 Å². The third-order valence-corrected chi connectivity index (χ3v) is 4.27. The van der Waals surface area contributed by atoms with E-state index in [1.165, 1.54) is 18.4 Å². The van der Waals surface area contributed by atoms with Gasteiger partial charge in [0.2, 0.25) is 5.91 Å². The number of hydrogen-bond acceptors (Lipinski definition) is 3. The van der Waals surface area contributed by atoms with Crippen LogP contribution in [0.15, 0.2) is 30.3 Å². The first-order valence-corrected chi connectivity index (χ1v) is 7.91. The fraction of sp³-hybridized carbons (Fsp3) is 0.588. The first-order chi connectivity index (χ1) is 10.2. The highest BCUT2D eigenvalue weighted by molar-refractivity contribution is 5.77. The summed E-state index contributed by atoms with van der Waals surface area (Å²) in [4.78, 5) is 14.2. The van der Waals surface area contributed by atoms with E-state index in [1.54, 1.807) is 7.05 Å². The van der Waals surface area contributed by atoms with Gasteiger partial charge in [0.05, 0.1) is 12.6 Å². The maximum atomic E-state index is 11.7. The van der Waals surface area contributed by atoms with Crippen molar-refractivity contribution in [3.8, 4) is 0 Å². The van der Waals surface area contributed by atoms with Gasteiger partial charge in [-0.2, -0.15) is 0 Å². The molecule has 116 valence electrons. The summed E-state index contributed by atoms with van der Waals surface area (Å²) in [6.07, 6.45) is 2.49. The summed E-state index contributed by atoms with van der Waals surface area (Å²) in [7, 11) is 1.79. The number of rotatable bonds is 6. The minimum absolute atomic E-state index is 0.0591. The zero-order valence-corrected chi connectivity index (χ0v) is 13.1. The van der Waals surface area contributed by atoms with Crippen molar-refractivity contribution < 1.29 is 4.79 Å². The van der Waals surface area contributed by atoms with Crippen molar-refractivity contribution in [2.45, 2.75) is 25.8 Å². The fourth-order valence-corrected chi connectivity index (χ4v) is 2.91. The lowest BCUT2D eigenvalue weighted by atomic mass is 9.95. The molecule has 2 N–H and O–H groups in total. The van der Waals surface area contributed by atoms with Crippen LogP contribution in [0.3, 0.4) is 0 Å². The molecule has 1 aromatic carbocycles. The third kappa shape index (κ3) is 4.83. The molecule has 0 bridgehead atoms. The zero-order chi connectivity index (χ0) is 15.1. The number of piperidine rings is 1. The van der Waals surface area contributed by atoms with Crippen molar-refractivity contribution in [3.63, 3.8) is 0 Å². The van der Waals surface area contributed by atoms with Gasteiger partial charge in [0.15, 0.2) is 0 Å². The Hall–Kier alpha value is -1.39. The van der Waals surface area contributed by atoms with E-state index < -0.39 is 0 Å². The second kappa shape index (κ2) is 8.15. The van der Waals surface area contributed by atoms with E-state index >= 15 is 0 Å². The van der Waals surface area contributed by atoms with Gasteiger partial charge in [0.25, 0.3) is 0 Å². The first kappa shape index (κ1) is 16.0. The summed E-state index contributed by atoms with van der Waals surface area (Å²) >= 11 is 0. The molecule has 1 aliphatic heterocycles. The molecule has 1 fully saturated rings. The number of likely N-dealkylation sites (tertiary alicyclic amines) is 1. The van der Waals surface area contributed by atoms with E-state index in [9.17, 15) is 4.79 Å². The molecule has 0 saturated carbocycles. The summed E-state index contributed by atoms with van der Waals surface area (Å²) in [5.74, 6) is 0.875. The molecule has 4 heteroatoms. The average molecular weight is 289 g/mol. The fourth-order valence-electron chi connectivity index (χ4n) is 2.91. The largest absolute Gasteiger partial charge is 0.353 e. The van der Waals surface area contributed by atoms with E-state index in [4.69, 9.17) is 0 Å². The molecular weight excluding hydrogens is 262 g/mol. The standard InChI is InChI=1S/C17H27N3O/c1-14-8-10-20(11-9-14)16(12-19-17(21)13-18-2)15-6-4-3-5-7-15/h3-7,14,16,18H,8-13H2,1-2H3,(H,19,21). The number of nitrogens with one attached hydrogen (secondary N) is 2. The summed E-state index contributed by atoms with van der Waals surface area (Å²) < 4.78 is 0. The minimum atomic E-state index is 0.0591. The van der Waals surface area contributed by atoms with Gasteiger partial charge in [0.1, 0.15) is 0 Å². The van der Waals surface area contributed by atoms with Crippen LogP contribution in [-0.2, 0) is 4.79 Å². The molecule has 1 aliphatic rings. The van der Waals surface area contributed by atoms with E-state index in [0.717, 1.165) is 19.0 Å². The number of nitrogens with zero attached hydrogens (tertiary/aromatic N) is 1. The molecule has 4 nitrogen and oxygen atoms in total. The normalized spacial score (nSPS) is 18.4. The van der Waals surface area contributed by atoms with Gasteiger partial charge in [-0.15, -0.1) is 0 Å². The molecule has 0 aromatic heterocycles. The third-order valence-electron chi connectivity index (χ3n) is 4.27. The van der Waals surface area contributed by atoms with Crippen molar-refractivity contribution in [1.29, 1.82) is 0 Å². The highest BCUT2D eigenvalue weighted by Gasteiger charge is 2.24. The van der Waals surface area contributed by atoms with Crippen LogP contribution in [0.25, 0.3) is 0 Å². The molecule has 1 aromatic rings. The number of likely N-dealkylation sites (N-methyl/N-ethyl adjacent to an activating group) is 1. The lowest BCUT2D eigenvalue weighted by molar-refractivity contribution is -0.120. The maximum absolute atomic E-state index is 11.7. The van der Waals surface area contributed by atoms with Gasteiger partial charge >= 0.3 is 0 Å². The first-order valence-electron chi connectivity index (χ1n) is 7.91. The summed E-state index contributed by atoms with van der Waals surface area (Å²) in [6.45, 7) is 5.60. The maximum Gasteiger partial charge on any atom is 0.234 e. The second-order valence-electron chi connectivity index (χ2n) is 5.98. The van der Waals surface area contributed by atoms with Gasteiger partial charge < -0.3 is 10.6 Å². The summed E-state index contributed by atoms with van der Waals surface area (Å²) in [5, 5.41) is 5.94. The monoisotopic (exact) mass is 289 g/mol. The molecule has 0 aliphatic carbocycles. The Kier molecular flexibility index (Phi) is 6.21. The quantitative estimate of drug-likeness (QED) is 0.839. The van der Waals surface area contributed by atoms with Gasteiger partial charge in [-0.3, -0.25) is 9.69 Å². The Morgan fingerprint density at radius 2 is 1.95 bits per heavy atom. The molecule has 1 amide bonds. The second-order valence-corrected chi connectivity index (χ2v) is 5.98. The van der Waals surface area contributed by atoms with Crippen molar-refractivity contribution >= 4 is 5.91 Å². The zero-order valence-electron chi connectivity index (χ0n) is 13.1. The molecule has 1 atom stereocenters. The van der Waals surface area contributed by atoms with Gasteiger partial charge in [-0.05, 0) is 44.5 Å². The van der Waals surface area contributed by atoms with Crippen LogP contribution in [0.4, 0.5) is 0 Å². The van der Waals surface area contributed by atoms with Crippen molar-refractivity contribution in [2.24, 2.45) is 5.92 Å². The molecule has 1 heterocycles. The number of carbonyl (C=O) groups is 1. The van der Waals surface area contributed by atoms with Crippen LogP contribution >= 0.6 is 0 Å². The van der Waals surface area contributed by atoms with Crippen molar-refractivity contribution in [2.75, 3.05) is 33.2 Å². The molecule has 0 radical (unpaired) electrons. The van der Waals surface area contributed by atoms with Crippen LogP contribution in [0, 0.1) is 5.92 Å². The summed E-state index contributed by atoms with van der Waals surface area (Å²) in [5.41, 5.74) is 1.29. The average Bonchev–Trinajstić information content (AvgIpc) is 2.50. The smallest absolute Gasteiger partial charge is 0.234 e. The Bertz CT molecular complexity index is 427. The predicted octanol–water partition coefficient (Wildman–Crippen LogP) is 1.80. The van der Waals surface area contributed by atoms with Crippen molar-refractivity contribution in [1.82, 2.24) is 15.5 Å². The number of carbonyl (C=O) groups excluding carboxylic acids is 1. The molecule has 21 heavy (non-hydrogen) atoms. The van der Waals surface area contributed by atoms with E-state index in [-0.39, 0.29) is 11.9 Å². The highest BCUT2D eigenvalue weighted by Crippen LogP contribution is 2.26. The van der Waals surface area contributed by atoms with E-state index in [2.05, 4.69) is 46.7 Å². The van der Waals surface area contributed by atoms with Gasteiger partial charge in [0, 0.05) is 6.54 Å². The lowest BCUT2D eigenvalue weighted by Crippen LogP contribution is -2.43. The molecule has 1 saturated heterocycles. The van der Waals surface area contributed by atoms with Gasteiger partial charge in [-0.1, -0.05) is 37.3 Å².